The number of benzene rings is 2. The second kappa shape index (κ2) is 10.5. The second-order valence-electron chi connectivity index (χ2n) is 8.67. The molecule has 37 heavy (non-hydrogen) atoms. The molecule has 0 saturated carbocycles. The fourth-order valence-electron chi connectivity index (χ4n) is 4.42. The zero-order valence-electron chi connectivity index (χ0n) is 20.7. The number of hydrogen-bond acceptors (Lipinski definition) is 7. The van der Waals surface area contributed by atoms with Crippen molar-refractivity contribution >= 4 is 17.4 Å². The van der Waals surface area contributed by atoms with Gasteiger partial charge in [0, 0.05) is 43.0 Å². The molecule has 1 saturated heterocycles. The molecular weight excluding hydrogens is 470 g/mol. The second-order valence-corrected chi connectivity index (χ2v) is 8.67. The first-order valence-corrected chi connectivity index (χ1v) is 11.9. The molecule has 188 valence electrons. The highest BCUT2D eigenvalue weighted by molar-refractivity contribution is 5.74. The van der Waals surface area contributed by atoms with Crippen molar-refractivity contribution in [2.45, 2.75) is 18.9 Å². The number of nitrogen functional groups attached to an aromatic ring is 1. The molecule has 9 nitrogen and oxygen atoms in total. The van der Waals surface area contributed by atoms with Gasteiger partial charge in [-0.2, -0.15) is 0 Å². The summed E-state index contributed by atoms with van der Waals surface area (Å²) < 4.78 is 18.1. The van der Waals surface area contributed by atoms with E-state index in [1.165, 1.54) is 0 Å². The number of rotatable bonds is 5. The zero-order chi connectivity index (χ0) is 25.8. The molecule has 0 radical (unpaired) electrons. The van der Waals surface area contributed by atoms with Gasteiger partial charge in [-0.3, -0.25) is 4.40 Å². The molecule has 4 aromatic rings. The van der Waals surface area contributed by atoms with Gasteiger partial charge in [-0.05, 0) is 30.0 Å². The Morgan fingerprint density at radius 3 is 2.59 bits per heavy atom. The van der Waals surface area contributed by atoms with Crippen LogP contribution in [0.25, 0.3) is 5.52 Å². The molecule has 0 aliphatic carbocycles. The van der Waals surface area contributed by atoms with Crippen molar-refractivity contribution in [3.8, 4) is 23.3 Å². The van der Waals surface area contributed by atoms with Gasteiger partial charge < -0.3 is 24.8 Å². The van der Waals surface area contributed by atoms with Crippen molar-refractivity contribution < 1.29 is 19.0 Å². The van der Waals surface area contributed by atoms with Gasteiger partial charge in [-0.15, -0.1) is 0 Å². The van der Waals surface area contributed by atoms with Crippen LogP contribution < -0.4 is 15.2 Å². The summed E-state index contributed by atoms with van der Waals surface area (Å²) in [5.74, 6) is 8.70. The number of amides is 1. The van der Waals surface area contributed by atoms with E-state index in [1.54, 1.807) is 31.4 Å². The molecular formula is C28H27N5O4. The fraction of sp³-hybridized carbons (Fsp3) is 0.250. The molecule has 5 rings (SSSR count). The third-order valence-electron chi connectivity index (χ3n) is 6.30. The van der Waals surface area contributed by atoms with Crippen molar-refractivity contribution in [1.29, 1.82) is 0 Å². The van der Waals surface area contributed by atoms with Crippen molar-refractivity contribution in [1.82, 2.24) is 19.3 Å². The molecule has 3 heterocycles. The highest BCUT2D eigenvalue weighted by atomic mass is 16.6. The van der Waals surface area contributed by atoms with Crippen LogP contribution in [0.5, 0.6) is 11.5 Å². The Labute approximate surface area is 214 Å². The predicted molar refractivity (Wildman–Crippen MR) is 138 cm³/mol. The monoisotopic (exact) mass is 497 g/mol. The number of carbonyl (C=O) groups excluding carboxylic acids is 1. The maximum atomic E-state index is 12.7. The van der Waals surface area contributed by atoms with Crippen LogP contribution in [0.4, 0.5) is 10.6 Å². The number of ether oxygens (including phenoxy) is 3. The topological polar surface area (TPSA) is 104 Å². The van der Waals surface area contributed by atoms with Crippen LogP contribution in [0.2, 0.25) is 0 Å². The van der Waals surface area contributed by atoms with E-state index >= 15 is 0 Å². The number of nitrogens with zero attached hydrogens (tertiary/aromatic N) is 4. The summed E-state index contributed by atoms with van der Waals surface area (Å²) in [5.41, 5.74) is 9.07. The average molecular weight is 498 g/mol. The molecule has 2 aromatic carbocycles. The number of fused-ring (bicyclic) bond motifs is 1. The number of nitrogens with two attached hydrogens (primary N) is 1. The van der Waals surface area contributed by atoms with Gasteiger partial charge in [-0.25, -0.2) is 14.8 Å². The van der Waals surface area contributed by atoms with E-state index in [0.717, 1.165) is 23.4 Å². The maximum absolute atomic E-state index is 12.7. The van der Waals surface area contributed by atoms with Gasteiger partial charge in [-0.1, -0.05) is 36.3 Å². The normalized spacial score (nSPS) is 14.8. The number of imidazole rings is 1. The minimum absolute atomic E-state index is 0.00559. The Balaban J connectivity index is 1.39. The number of carbonyl (C=O) groups is 1. The van der Waals surface area contributed by atoms with Crippen LogP contribution in [0.1, 0.15) is 35.0 Å². The minimum Gasteiger partial charge on any atom is -0.497 e. The molecule has 9 heteroatoms. The Hall–Kier alpha value is -4.71. The van der Waals surface area contributed by atoms with Crippen molar-refractivity contribution in [3.05, 3.63) is 83.6 Å². The molecule has 1 aliphatic rings. The van der Waals surface area contributed by atoms with Gasteiger partial charge in [0.15, 0.2) is 5.82 Å². The molecule has 1 aliphatic heterocycles. The number of aromatic nitrogens is 3. The largest absolute Gasteiger partial charge is 0.497 e. The first-order valence-electron chi connectivity index (χ1n) is 11.9. The van der Waals surface area contributed by atoms with Crippen molar-refractivity contribution in [3.63, 3.8) is 0 Å². The molecule has 0 spiro atoms. The Morgan fingerprint density at radius 1 is 1.11 bits per heavy atom. The van der Waals surface area contributed by atoms with Gasteiger partial charge in [0.05, 0.1) is 14.2 Å². The lowest BCUT2D eigenvalue weighted by Crippen LogP contribution is -2.29. The highest BCUT2D eigenvalue weighted by Gasteiger charge is 2.32. The first-order chi connectivity index (χ1) is 18.1. The summed E-state index contributed by atoms with van der Waals surface area (Å²) in [4.78, 5) is 23.5. The lowest BCUT2D eigenvalue weighted by atomic mass is 10.1. The lowest BCUT2D eigenvalue weighted by Gasteiger charge is -2.16. The van der Waals surface area contributed by atoms with E-state index in [9.17, 15) is 4.79 Å². The van der Waals surface area contributed by atoms with Gasteiger partial charge in [0.25, 0.3) is 0 Å². The molecule has 1 atom stereocenters. The van der Waals surface area contributed by atoms with Gasteiger partial charge in [0.2, 0.25) is 0 Å². The minimum atomic E-state index is -0.333. The predicted octanol–water partition coefficient (Wildman–Crippen LogP) is 3.85. The third kappa shape index (κ3) is 5.14. The van der Waals surface area contributed by atoms with E-state index in [2.05, 4.69) is 16.8 Å². The number of hydrogen-bond donors (Lipinski definition) is 1. The molecule has 2 aromatic heterocycles. The van der Waals surface area contributed by atoms with Crippen LogP contribution in [-0.4, -0.2) is 52.7 Å². The van der Waals surface area contributed by atoms with E-state index in [0.29, 0.717) is 41.6 Å². The van der Waals surface area contributed by atoms with Crippen LogP contribution in [0.15, 0.2) is 60.9 Å². The van der Waals surface area contributed by atoms with Crippen LogP contribution >= 0.6 is 0 Å². The van der Waals surface area contributed by atoms with Gasteiger partial charge in [0.1, 0.15) is 35.1 Å². The number of methoxy groups -OCH3 is 2. The standard InChI is InChI=1S/C28H27N5O4/c1-35-22-14-20(15-23(16-22)36-2)8-9-24-25-26(29)30-11-13-33(25)27(31-24)21-10-12-32(17-21)28(34)37-18-19-6-4-3-5-7-19/h3-7,11,13-16,21H,10,12,17-18H2,1-2H3,(H2,29,30). The molecule has 0 bridgehead atoms. The van der Waals surface area contributed by atoms with Gasteiger partial charge >= 0.3 is 6.09 Å². The van der Waals surface area contributed by atoms with E-state index in [1.807, 2.05) is 53.1 Å². The maximum Gasteiger partial charge on any atom is 0.410 e. The average Bonchev–Trinajstić information content (AvgIpc) is 3.57. The van der Waals surface area contributed by atoms with E-state index in [-0.39, 0.29) is 18.6 Å². The van der Waals surface area contributed by atoms with Crippen molar-refractivity contribution in [2.24, 2.45) is 0 Å². The Morgan fingerprint density at radius 2 is 1.86 bits per heavy atom. The Bertz CT molecular complexity index is 1470. The summed E-state index contributed by atoms with van der Waals surface area (Å²) in [6.45, 7) is 1.32. The SMILES string of the molecule is COc1cc(C#Cc2nc(C3CCN(C(=O)OCc4ccccc4)C3)n3ccnc(N)c23)cc(OC)c1. The van der Waals surface area contributed by atoms with Crippen LogP contribution in [0, 0.1) is 11.8 Å². The van der Waals surface area contributed by atoms with E-state index in [4.69, 9.17) is 24.9 Å². The number of anilines is 1. The summed E-state index contributed by atoms with van der Waals surface area (Å²) in [6, 6.07) is 15.1. The lowest BCUT2D eigenvalue weighted by molar-refractivity contribution is 0.104. The molecule has 1 fully saturated rings. The molecule has 1 unspecified atom stereocenters. The Kier molecular flexibility index (Phi) is 6.81. The summed E-state index contributed by atoms with van der Waals surface area (Å²) in [7, 11) is 3.19. The first kappa shape index (κ1) is 24.0. The quantitative estimate of drug-likeness (QED) is 0.418. The third-order valence-corrected chi connectivity index (χ3v) is 6.30. The van der Waals surface area contributed by atoms with Crippen LogP contribution in [-0.2, 0) is 11.3 Å². The molecule has 2 N–H and O–H groups in total. The summed E-state index contributed by atoms with van der Waals surface area (Å²) >= 11 is 0. The van der Waals surface area contributed by atoms with E-state index < -0.39 is 0 Å². The molecule has 1 amide bonds. The van der Waals surface area contributed by atoms with Crippen molar-refractivity contribution in [2.75, 3.05) is 33.0 Å². The fourth-order valence-corrected chi connectivity index (χ4v) is 4.42. The zero-order valence-corrected chi connectivity index (χ0v) is 20.7. The highest BCUT2D eigenvalue weighted by Crippen LogP contribution is 2.30. The van der Waals surface area contributed by atoms with Crippen LogP contribution in [0.3, 0.4) is 0 Å². The summed E-state index contributed by atoms with van der Waals surface area (Å²) in [6.07, 6.45) is 3.88. The summed E-state index contributed by atoms with van der Waals surface area (Å²) in [5, 5.41) is 0. The number of likely N-dealkylation sites (tertiary alicyclic amines) is 1. The smallest absolute Gasteiger partial charge is 0.410 e.